The first-order valence-electron chi connectivity index (χ1n) is 7.62. The Morgan fingerprint density at radius 1 is 1.18 bits per heavy atom. The lowest BCUT2D eigenvalue weighted by molar-refractivity contribution is -0.121. The molecular weight excluding hydrogens is 274 g/mol. The molecule has 2 rings (SSSR count). The molecule has 0 spiro atoms. The van der Waals surface area contributed by atoms with Crippen molar-refractivity contribution in [3.8, 4) is 5.75 Å². The minimum absolute atomic E-state index is 0.0419. The predicted octanol–water partition coefficient (Wildman–Crippen LogP) is 3.81. The van der Waals surface area contributed by atoms with Crippen molar-refractivity contribution in [1.82, 2.24) is 5.32 Å². The van der Waals surface area contributed by atoms with E-state index in [-0.39, 0.29) is 11.9 Å². The first-order valence-corrected chi connectivity index (χ1v) is 7.62. The molecule has 1 atom stereocenters. The van der Waals surface area contributed by atoms with Crippen LogP contribution in [0.3, 0.4) is 0 Å². The van der Waals surface area contributed by atoms with E-state index < -0.39 is 0 Å². The van der Waals surface area contributed by atoms with Crippen molar-refractivity contribution in [3.05, 3.63) is 65.2 Å². The molecule has 0 heterocycles. The van der Waals surface area contributed by atoms with Crippen LogP contribution in [0.4, 0.5) is 0 Å². The van der Waals surface area contributed by atoms with Crippen LogP contribution >= 0.6 is 0 Å². The Kier molecular flexibility index (Phi) is 5.59. The van der Waals surface area contributed by atoms with Gasteiger partial charge in [-0.05, 0) is 36.1 Å². The number of amides is 1. The van der Waals surface area contributed by atoms with Crippen molar-refractivity contribution in [2.24, 2.45) is 0 Å². The molecule has 0 radical (unpaired) electrons. The van der Waals surface area contributed by atoms with Gasteiger partial charge in [0.2, 0.25) is 5.91 Å². The maximum Gasteiger partial charge on any atom is 0.224 e. The molecule has 0 saturated carbocycles. The molecule has 0 unspecified atom stereocenters. The zero-order chi connectivity index (χ0) is 15.9. The Morgan fingerprint density at radius 2 is 1.91 bits per heavy atom. The normalized spacial score (nSPS) is 11.8. The van der Waals surface area contributed by atoms with Gasteiger partial charge in [-0.1, -0.05) is 49.4 Å². The summed E-state index contributed by atoms with van der Waals surface area (Å²) in [5.41, 5.74) is 3.19. The summed E-state index contributed by atoms with van der Waals surface area (Å²) in [6.07, 6.45) is 1.26. The summed E-state index contributed by atoms with van der Waals surface area (Å²) in [5, 5.41) is 3.11. The van der Waals surface area contributed by atoms with E-state index in [1.807, 2.05) is 55.5 Å². The van der Waals surface area contributed by atoms with Gasteiger partial charge in [-0.25, -0.2) is 0 Å². The molecule has 0 fully saturated rings. The fourth-order valence-corrected chi connectivity index (χ4v) is 2.59. The second-order valence-electron chi connectivity index (χ2n) is 5.42. The van der Waals surface area contributed by atoms with Crippen LogP contribution in [0.5, 0.6) is 5.75 Å². The quantitative estimate of drug-likeness (QED) is 0.880. The largest absolute Gasteiger partial charge is 0.496 e. The van der Waals surface area contributed by atoms with Crippen LogP contribution < -0.4 is 10.1 Å². The minimum Gasteiger partial charge on any atom is -0.496 e. The summed E-state index contributed by atoms with van der Waals surface area (Å²) in [6.45, 7) is 4.06. The molecule has 2 aromatic rings. The number of nitrogens with one attached hydrogen (secondary N) is 1. The van der Waals surface area contributed by atoms with Gasteiger partial charge < -0.3 is 10.1 Å². The third-order valence-electron chi connectivity index (χ3n) is 3.77. The molecule has 3 nitrogen and oxygen atoms in total. The third-order valence-corrected chi connectivity index (χ3v) is 3.77. The predicted molar refractivity (Wildman–Crippen MR) is 89.1 cm³/mol. The summed E-state index contributed by atoms with van der Waals surface area (Å²) in [4.78, 5) is 12.3. The lowest BCUT2D eigenvalue weighted by Gasteiger charge is -2.17. The molecule has 0 aliphatic heterocycles. The highest BCUT2D eigenvalue weighted by Crippen LogP contribution is 2.20. The maximum absolute atomic E-state index is 12.3. The zero-order valence-electron chi connectivity index (χ0n) is 13.4. The molecule has 2 aromatic carbocycles. The van der Waals surface area contributed by atoms with E-state index in [4.69, 9.17) is 4.74 Å². The van der Waals surface area contributed by atoms with E-state index >= 15 is 0 Å². The topological polar surface area (TPSA) is 38.3 Å². The van der Waals surface area contributed by atoms with Gasteiger partial charge in [0.05, 0.1) is 19.6 Å². The van der Waals surface area contributed by atoms with E-state index in [0.29, 0.717) is 6.42 Å². The lowest BCUT2D eigenvalue weighted by Crippen LogP contribution is -2.29. The Labute approximate surface area is 132 Å². The van der Waals surface area contributed by atoms with E-state index in [1.54, 1.807) is 7.11 Å². The van der Waals surface area contributed by atoms with Crippen LogP contribution in [0, 0.1) is 6.92 Å². The highest BCUT2D eigenvalue weighted by molar-refractivity contribution is 5.79. The lowest BCUT2D eigenvalue weighted by atomic mass is 10.0. The SMILES string of the molecule is CC[C@H](NC(=O)Cc1ccc(OC)c(C)c1)c1ccccc1. The molecule has 0 aliphatic carbocycles. The Morgan fingerprint density at radius 3 is 2.50 bits per heavy atom. The first kappa shape index (κ1) is 16.1. The van der Waals surface area contributed by atoms with Gasteiger partial charge in [0.15, 0.2) is 0 Å². The van der Waals surface area contributed by atoms with Crippen molar-refractivity contribution in [3.63, 3.8) is 0 Å². The van der Waals surface area contributed by atoms with Gasteiger partial charge in [0.25, 0.3) is 0 Å². The Bertz CT molecular complexity index is 623. The van der Waals surface area contributed by atoms with Gasteiger partial charge in [-0.3, -0.25) is 4.79 Å². The number of aryl methyl sites for hydroxylation is 1. The number of rotatable bonds is 6. The smallest absolute Gasteiger partial charge is 0.224 e. The molecular formula is C19H23NO2. The third kappa shape index (κ3) is 4.10. The van der Waals surface area contributed by atoms with E-state index in [2.05, 4.69) is 12.2 Å². The number of benzene rings is 2. The maximum atomic E-state index is 12.3. The van der Waals surface area contributed by atoms with Crippen molar-refractivity contribution in [2.45, 2.75) is 32.7 Å². The molecule has 1 N–H and O–H groups in total. The van der Waals surface area contributed by atoms with Crippen LogP contribution in [0.15, 0.2) is 48.5 Å². The molecule has 22 heavy (non-hydrogen) atoms. The number of carbonyl (C=O) groups excluding carboxylic acids is 1. The molecule has 0 saturated heterocycles. The van der Waals surface area contributed by atoms with Gasteiger partial charge in [0.1, 0.15) is 5.75 Å². The Balaban J connectivity index is 2.01. The van der Waals surface area contributed by atoms with Crippen LogP contribution in [-0.4, -0.2) is 13.0 Å². The summed E-state index contributed by atoms with van der Waals surface area (Å²) in [5.74, 6) is 0.889. The van der Waals surface area contributed by atoms with Crippen molar-refractivity contribution in [2.75, 3.05) is 7.11 Å². The molecule has 0 aliphatic rings. The fraction of sp³-hybridized carbons (Fsp3) is 0.316. The Hall–Kier alpha value is -2.29. The molecule has 0 aromatic heterocycles. The van der Waals surface area contributed by atoms with Crippen LogP contribution in [0.25, 0.3) is 0 Å². The van der Waals surface area contributed by atoms with Crippen molar-refractivity contribution in [1.29, 1.82) is 0 Å². The summed E-state index contributed by atoms with van der Waals surface area (Å²) in [7, 11) is 1.65. The van der Waals surface area contributed by atoms with Crippen molar-refractivity contribution < 1.29 is 9.53 Å². The zero-order valence-corrected chi connectivity index (χ0v) is 13.4. The highest BCUT2D eigenvalue weighted by Gasteiger charge is 2.13. The second-order valence-corrected chi connectivity index (χ2v) is 5.42. The van der Waals surface area contributed by atoms with E-state index in [1.165, 1.54) is 0 Å². The average molecular weight is 297 g/mol. The van der Waals surface area contributed by atoms with Gasteiger partial charge >= 0.3 is 0 Å². The minimum atomic E-state index is 0.0419. The van der Waals surface area contributed by atoms with Gasteiger partial charge in [-0.15, -0.1) is 0 Å². The van der Waals surface area contributed by atoms with Crippen LogP contribution in [-0.2, 0) is 11.2 Å². The number of carbonyl (C=O) groups is 1. The average Bonchev–Trinajstić information content (AvgIpc) is 2.53. The molecule has 3 heteroatoms. The fourth-order valence-electron chi connectivity index (χ4n) is 2.59. The standard InChI is InChI=1S/C19H23NO2/c1-4-17(16-8-6-5-7-9-16)20-19(21)13-15-10-11-18(22-3)14(2)12-15/h5-12,17H,4,13H2,1-3H3,(H,20,21)/t17-/m0/s1. The number of ether oxygens (including phenoxy) is 1. The van der Waals surface area contributed by atoms with Crippen LogP contribution in [0.2, 0.25) is 0 Å². The summed E-state index contributed by atoms with van der Waals surface area (Å²) in [6, 6.07) is 16.0. The molecule has 116 valence electrons. The molecule has 1 amide bonds. The number of hydrogen-bond acceptors (Lipinski definition) is 2. The molecule has 0 bridgehead atoms. The van der Waals surface area contributed by atoms with E-state index in [0.717, 1.165) is 28.9 Å². The van der Waals surface area contributed by atoms with E-state index in [9.17, 15) is 4.79 Å². The highest BCUT2D eigenvalue weighted by atomic mass is 16.5. The van der Waals surface area contributed by atoms with Gasteiger partial charge in [-0.2, -0.15) is 0 Å². The first-order chi connectivity index (χ1) is 10.6. The summed E-state index contributed by atoms with van der Waals surface area (Å²) < 4.78 is 5.24. The second kappa shape index (κ2) is 7.64. The number of methoxy groups -OCH3 is 1. The van der Waals surface area contributed by atoms with Gasteiger partial charge in [0, 0.05) is 0 Å². The van der Waals surface area contributed by atoms with Crippen LogP contribution in [0.1, 0.15) is 36.1 Å². The number of hydrogen-bond donors (Lipinski definition) is 1. The summed E-state index contributed by atoms with van der Waals surface area (Å²) >= 11 is 0. The monoisotopic (exact) mass is 297 g/mol. The van der Waals surface area contributed by atoms with Crippen molar-refractivity contribution >= 4 is 5.91 Å².